The summed E-state index contributed by atoms with van der Waals surface area (Å²) >= 11 is 0. The molecular formula is C8H18O5. The minimum atomic E-state index is -0.353. The number of hydrogen-bond acceptors (Lipinski definition) is 5. The first-order chi connectivity index (χ1) is 6.18. The van der Waals surface area contributed by atoms with Gasteiger partial charge in [-0.3, -0.25) is 4.79 Å². The van der Waals surface area contributed by atoms with Crippen LogP contribution in [0.2, 0.25) is 0 Å². The van der Waals surface area contributed by atoms with E-state index in [1.54, 1.807) is 0 Å². The molecule has 0 amide bonds. The topological polar surface area (TPSA) is 76.0 Å². The summed E-state index contributed by atoms with van der Waals surface area (Å²) in [5.74, 6) is -0.353. The van der Waals surface area contributed by atoms with Gasteiger partial charge in [-0.05, 0) is 6.92 Å². The quantitative estimate of drug-likeness (QED) is 0.458. The first-order valence-corrected chi connectivity index (χ1v) is 4.11. The van der Waals surface area contributed by atoms with E-state index < -0.39 is 0 Å². The summed E-state index contributed by atoms with van der Waals surface area (Å²) in [5, 5.41) is 16.1. The summed E-state index contributed by atoms with van der Waals surface area (Å²) in [6.07, 6.45) is 0. The van der Waals surface area contributed by atoms with Crippen LogP contribution in [0.15, 0.2) is 0 Å². The maximum atomic E-state index is 9.87. The van der Waals surface area contributed by atoms with E-state index in [1.807, 2.05) is 6.92 Å². The van der Waals surface area contributed by atoms with Crippen LogP contribution in [0.3, 0.4) is 0 Å². The van der Waals surface area contributed by atoms with Crippen molar-refractivity contribution in [2.75, 3.05) is 33.0 Å². The van der Waals surface area contributed by atoms with Gasteiger partial charge in [0.1, 0.15) is 6.61 Å². The molecule has 0 rings (SSSR count). The summed E-state index contributed by atoms with van der Waals surface area (Å²) in [6.45, 7) is 4.51. The molecule has 0 atom stereocenters. The van der Waals surface area contributed by atoms with E-state index in [2.05, 4.69) is 4.74 Å². The molecule has 0 aromatic heterocycles. The fourth-order valence-corrected chi connectivity index (χ4v) is 0.398. The number of rotatable bonds is 5. The smallest absolute Gasteiger partial charge is 0.302 e. The van der Waals surface area contributed by atoms with Gasteiger partial charge in [-0.15, -0.1) is 0 Å². The van der Waals surface area contributed by atoms with E-state index >= 15 is 0 Å². The average molecular weight is 194 g/mol. The van der Waals surface area contributed by atoms with Crippen LogP contribution in [0.25, 0.3) is 0 Å². The highest BCUT2D eigenvalue weighted by Crippen LogP contribution is 1.71. The Morgan fingerprint density at radius 1 is 1.23 bits per heavy atom. The second-order valence-electron chi connectivity index (χ2n) is 1.98. The Bertz CT molecular complexity index is 101. The molecule has 13 heavy (non-hydrogen) atoms. The number of carbonyl (C=O) groups excluding carboxylic acids is 1. The highest BCUT2D eigenvalue weighted by Gasteiger charge is 1.86. The summed E-state index contributed by atoms with van der Waals surface area (Å²) in [4.78, 5) is 9.87. The van der Waals surface area contributed by atoms with Crippen LogP contribution in [0.4, 0.5) is 0 Å². The first-order valence-electron chi connectivity index (χ1n) is 4.11. The average Bonchev–Trinajstić information content (AvgIpc) is 2.12. The van der Waals surface area contributed by atoms with Crippen LogP contribution in [-0.4, -0.2) is 49.2 Å². The standard InChI is InChI=1S/C4H8O3.C4H10O2/c1-4(6)7-3-2-5;1-2-6-4-3-5/h5H,2-3H2,1H3;5H,2-4H2,1H3. The third-order valence-corrected chi connectivity index (χ3v) is 0.836. The van der Waals surface area contributed by atoms with Crippen molar-refractivity contribution < 1.29 is 24.5 Å². The predicted octanol–water partition coefficient (Wildman–Crippen LogP) is -0.443. The molecular weight excluding hydrogens is 176 g/mol. The molecule has 0 bridgehead atoms. The van der Waals surface area contributed by atoms with Gasteiger partial charge in [0.25, 0.3) is 0 Å². The molecule has 0 saturated carbocycles. The molecule has 2 N–H and O–H groups in total. The monoisotopic (exact) mass is 194 g/mol. The van der Waals surface area contributed by atoms with E-state index in [1.165, 1.54) is 6.92 Å². The van der Waals surface area contributed by atoms with Gasteiger partial charge in [0, 0.05) is 13.5 Å². The van der Waals surface area contributed by atoms with Crippen molar-refractivity contribution >= 4 is 5.97 Å². The minimum Gasteiger partial charge on any atom is -0.463 e. The lowest BCUT2D eigenvalue weighted by Gasteiger charge is -1.93. The maximum Gasteiger partial charge on any atom is 0.302 e. The van der Waals surface area contributed by atoms with E-state index in [9.17, 15) is 4.79 Å². The molecule has 0 aliphatic carbocycles. The Morgan fingerprint density at radius 3 is 1.92 bits per heavy atom. The van der Waals surface area contributed by atoms with E-state index in [-0.39, 0.29) is 25.8 Å². The van der Waals surface area contributed by atoms with E-state index in [0.29, 0.717) is 13.2 Å². The first kappa shape index (κ1) is 14.9. The van der Waals surface area contributed by atoms with Crippen LogP contribution in [0.5, 0.6) is 0 Å². The van der Waals surface area contributed by atoms with Crippen LogP contribution in [-0.2, 0) is 14.3 Å². The van der Waals surface area contributed by atoms with Crippen molar-refractivity contribution in [1.82, 2.24) is 0 Å². The summed E-state index contributed by atoms with van der Waals surface area (Å²) in [5.41, 5.74) is 0. The van der Waals surface area contributed by atoms with Gasteiger partial charge in [0.15, 0.2) is 0 Å². The number of aliphatic hydroxyl groups excluding tert-OH is 2. The molecule has 80 valence electrons. The van der Waals surface area contributed by atoms with Crippen LogP contribution >= 0.6 is 0 Å². The van der Waals surface area contributed by atoms with Gasteiger partial charge in [-0.2, -0.15) is 0 Å². The van der Waals surface area contributed by atoms with Crippen LogP contribution < -0.4 is 0 Å². The molecule has 0 saturated heterocycles. The molecule has 0 aromatic carbocycles. The Hall–Kier alpha value is -0.650. The number of carbonyl (C=O) groups is 1. The molecule has 0 aliphatic rings. The zero-order valence-electron chi connectivity index (χ0n) is 8.15. The van der Waals surface area contributed by atoms with Gasteiger partial charge in [0.2, 0.25) is 0 Å². The third-order valence-electron chi connectivity index (χ3n) is 0.836. The molecule has 0 aliphatic heterocycles. The maximum absolute atomic E-state index is 9.87. The highest BCUT2D eigenvalue weighted by atomic mass is 16.5. The molecule has 0 aromatic rings. The van der Waals surface area contributed by atoms with Crippen molar-refractivity contribution in [3.05, 3.63) is 0 Å². The van der Waals surface area contributed by atoms with Gasteiger partial charge >= 0.3 is 5.97 Å². The highest BCUT2D eigenvalue weighted by molar-refractivity contribution is 5.65. The number of ether oxygens (including phenoxy) is 2. The Balaban J connectivity index is 0. The lowest BCUT2D eigenvalue weighted by Crippen LogP contribution is -2.03. The Kier molecular flexibility index (Phi) is 15.9. The minimum absolute atomic E-state index is 0.0976. The number of aliphatic hydroxyl groups is 2. The van der Waals surface area contributed by atoms with Crippen LogP contribution in [0, 0.1) is 0 Å². The SMILES string of the molecule is CC(=O)OCCO.CCOCCO. The Morgan fingerprint density at radius 2 is 1.77 bits per heavy atom. The van der Waals surface area contributed by atoms with Gasteiger partial charge in [-0.1, -0.05) is 0 Å². The number of esters is 1. The molecule has 0 fully saturated rings. The molecule has 5 nitrogen and oxygen atoms in total. The fraction of sp³-hybridized carbons (Fsp3) is 0.875. The zero-order valence-corrected chi connectivity index (χ0v) is 8.15. The lowest BCUT2D eigenvalue weighted by molar-refractivity contribution is -0.141. The normalized spacial score (nSPS) is 8.62. The van der Waals surface area contributed by atoms with E-state index in [4.69, 9.17) is 14.9 Å². The molecule has 5 heteroatoms. The molecule has 0 spiro atoms. The predicted molar refractivity (Wildman–Crippen MR) is 47.3 cm³/mol. The third kappa shape index (κ3) is 24.6. The van der Waals surface area contributed by atoms with Crippen molar-refractivity contribution in [2.45, 2.75) is 13.8 Å². The van der Waals surface area contributed by atoms with E-state index in [0.717, 1.165) is 0 Å². The second kappa shape index (κ2) is 13.9. The van der Waals surface area contributed by atoms with Crippen LogP contribution in [0.1, 0.15) is 13.8 Å². The second-order valence-corrected chi connectivity index (χ2v) is 1.98. The molecule has 0 unspecified atom stereocenters. The number of hydrogen-bond donors (Lipinski definition) is 2. The summed E-state index contributed by atoms with van der Waals surface area (Å²) < 4.78 is 9.03. The Labute approximate surface area is 78.3 Å². The summed E-state index contributed by atoms with van der Waals surface area (Å²) in [7, 11) is 0. The van der Waals surface area contributed by atoms with Crippen molar-refractivity contribution in [2.24, 2.45) is 0 Å². The molecule has 0 radical (unpaired) electrons. The van der Waals surface area contributed by atoms with Gasteiger partial charge < -0.3 is 19.7 Å². The van der Waals surface area contributed by atoms with Crippen molar-refractivity contribution in [1.29, 1.82) is 0 Å². The molecule has 0 heterocycles. The largest absolute Gasteiger partial charge is 0.463 e. The fourth-order valence-electron chi connectivity index (χ4n) is 0.398. The lowest BCUT2D eigenvalue weighted by atomic mass is 10.7. The van der Waals surface area contributed by atoms with Gasteiger partial charge in [-0.25, -0.2) is 0 Å². The van der Waals surface area contributed by atoms with Crippen molar-refractivity contribution in [3.8, 4) is 0 Å². The van der Waals surface area contributed by atoms with Crippen molar-refractivity contribution in [3.63, 3.8) is 0 Å². The summed E-state index contributed by atoms with van der Waals surface area (Å²) in [6, 6.07) is 0. The zero-order chi connectivity index (χ0) is 10.5. The van der Waals surface area contributed by atoms with Gasteiger partial charge in [0.05, 0.1) is 19.8 Å².